The van der Waals surface area contributed by atoms with Crippen molar-refractivity contribution in [2.24, 2.45) is 4.99 Å². The zero-order chi connectivity index (χ0) is 19.3. The van der Waals surface area contributed by atoms with Gasteiger partial charge < -0.3 is 5.32 Å². The van der Waals surface area contributed by atoms with Crippen LogP contribution in [0.25, 0.3) is 0 Å². The lowest BCUT2D eigenvalue weighted by molar-refractivity contribution is 0.102. The van der Waals surface area contributed by atoms with E-state index in [1.807, 2.05) is 12.1 Å². The summed E-state index contributed by atoms with van der Waals surface area (Å²) in [5.41, 5.74) is 2.14. The first-order valence-corrected chi connectivity index (χ1v) is 10.5. The molecule has 0 aromatic heterocycles. The van der Waals surface area contributed by atoms with Gasteiger partial charge in [-0.15, -0.1) is 0 Å². The number of nitrogens with zero attached hydrogens (tertiary/aromatic N) is 1. The molecule has 0 saturated heterocycles. The monoisotopic (exact) mass is 385 g/mol. The van der Waals surface area contributed by atoms with Crippen LogP contribution in [0.3, 0.4) is 0 Å². The summed E-state index contributed by atoms with van der Waals surface area (Å²) in [4.78, 5) is 16.7. The van der Waals surface area contributed by atoms with Crippen LogP contribution < -0.4 is 10.0 Å². The van der Waals surface area contributed by atoms with E-state index in [9.17, 15) is 13.2 Å². The Balaban J connectivity index is 1.72. The van der Waals surface area contributed by atoms with Crippen molar-refractivity contribution < 1.29 is 13.2 Å². The molecule has 0 aliphatic carbocycles. The van der Waals surface area contributed by atoms with Gasteiger partial charge in [-0.3, -0.25) is 14.5 Å². The fourth-order valence-corrected chi connectivity index (χ4v) is 4.03. The Morgan fingerprint density at radius 3 is 2.59 bits per heavy atom. The molecule has 1 amide bonds. The van der Waals surface area contributed by atoms with Crippen LogP contribution in [0.2, 0.25) is 0 Å². The lowest BCUT2D eigenvalue weighted by Crippen LogP contribution is -2.29. The quantitative estimate of drug-likeness (QED) is 0.799. The maximum atomic E-state index is 12.5. The van der Waals surface area contributed by atoms with Crippen molar-refractivity contribution in [2.45, 2.75) is 37.5 Å². The molecule has 0 unspecified atom stereocenters. The minimum Gasteiger partial charge on any atom is -0.322 e. The number of rotatable bonds is 6. The number of aryl methyl sites for hydroxylation is 1. The van der Waals surface area contributed by atoms with E-state index in [1.54, 1.807) is 24.3 Å². The van der Waals surface area contributed by atoms with Gasteiger partial charge in [0, 0.05) is 24.2 Å². The lowest BCUT2D eigenvalue weighted by atomic mass is 10.1. The van der Waals surface area contributed by atoms with Gasteiger partial charge in [0.2, 0.25) is 0 Å². The van der Waals surface area contributed by atoms with E-state index in [1.165, 1.54) is 17.7 Å². The van der Waals surface area contributed by atoms with E-state index in [0.717, 1.165) is 19.3 Å². The summed E-state index contributed by atoms with van der Waals surface area (Å²) < 4.78 is 27.5. The number of hydrogen-bond acceptors (Lipinski definition) is 4. The number of nitrogens with one attached hydrogen (secondary N) is 2. The average molecular weight is 385 g/mol. The second-order valence-electron chi connectivity index (χ2n) is 6.47. The molecule has 2 N–H and O–H groups in total. The van der Waals surface area contributed by atoms with Crippen LogP contribution in [0.5, 0.6) is 0 Å². The molecule has 1 heterocycles. The summed E-state index contributed by atoms with van der Waals surface area (Å²) in [6, 6.07) is 13.6. The Morgan fingerprint density at radius 2 is 1.93 bits per heavy atom. The smallest absolute Gasteiger partial charge is 0.262 e. The fourth-order valence-electron chi connectivity index (χ4n) is 2.89. The molecule has 1 aliphatic rings. The summed E-state index contributed by atoms with van der Waals surface area (Å²) in [7, 11) is -3.71. The number of benzene rings is 2. The van der Waals surface area contributed by atoms with Gasteiger partial charge in [0.15, 0.2) is 0 Å². The van der Waals surface area contributed by atoms with Gasteiger partial charge in [-0.2, -0.15) is 0 Å². The summed E-state index contributed by atoms with van der Waals surface area (Å²) in [5.74, 6) is 0.206. The number of hydrogen-bond donors (Lipinski definition) is 2. The van der Waals surface area contributed by atoms with Crippen LogP contribution in [0, 0.1) is 0 Å². The number of aliphatic imine (C=N–C) groups is 1. The highest BCUT2D eigenvalue weighted by atomic mass is 32.2. The van der Waals surface area contributed by atoms with Crippen LogP contribution in [0.15, 0.2) is 58.4 Å². The largest absolute Gasteiger partial charge is 0.322 e. The minimum atomic E-state index is -3.71. The Morgan fingerprint density at radius 1 is 1.15 bits per heavy atom. The zero-order valence-corrected chi connectivity index (χ0v) is 16.1. The van der Waals surface area contributed by atoms with E-state index >= 15 is 0 Å². The molecule has 0 fully saturated rings. The van der Waals surface area contributed by atoms with Gasteiger partial charge in [-0.1, -0.05) is 31.5 Å². The number of carbonyl (C=O) groups is 1. The van der Waals surface area contributed by atoms with Crippen molar-refractivity contribution in [3.8, 4) is 0 Å². The minimum absolute atomic E-state index is 0.0909. The molecule has 27 heavy (non-hydrogen) atoms. The van der Waals surface area contributed by atoms with Crippen molar-refractivity contribution in [3.63, 3.8) is 0 Å². The SMILES string of the molecule is CCCc1ccc(C(=O)Nc2cccc(S(=O)(=O)NC3=NCCC3)c2)cc1. The van der Waals surface area contributed by atoms with Crippen molar-refractivity contribution in [3.05, 3.63) is 59.7 Å². The molecule has 1 aliphatic heterocycles. The lowest BCUT2D eigenvalue weighted by Gasteiger charge is -2.10. The first-order chi connectivity index (χ1) is 13.0. The highest BCUT2D eigenvalue weighted by molar-refractivity contribution is 7.90. The van der Waals surface area contributed by atoms with Gasteiger partial charge in [0.1, 0.15) is 5.84 Å². The van der Waals surface area contributed by atoms with E-state index in [0.29, 0.717) is 30.1 Å². The summed E-state index contributed by atoms with van der Waals surface area (Å²) in [6.07, 6.45) is 3.50. The molecule has 2 aromatic carbocycles. The Hall–Kier alpha value is -2.67. The van der Waals surface area contributed by atoms with Gasteiger partial charge >= 0.3 is 0 Å². The molecular weight excluding hydrogens is 362 g/mol. The molecule has 0 atom stereocenters. The summed E-state index contributed by atoms with van der Waals surface area (Å²) in [5, 5.41) is 2.75. The van der Waals surface area contributed by atoms with Crippen LogP contribution >= 0.6 is 0 Å². The third-order valence-corrected chi connectivity index (χ3v) is 5.66. The predicted octanol–water partition coefficient (Wildman–Crippen LogP) is 3.36. The average Bonchev–Trinajstić information content (AvgIpc) is 3.15. The second kappa shape index (κ2) is 8.35. The third kappa shape index (κ3) is 4.95. The van der Waals surface area contributed by atoms with Crippen molar-refractivity contribution in [1.82, 2.24) is 4.72 Å². The molecule has 7 heteroatoms. The molecule has 142 valence electrons. The van der Waals surface area contributed by atoms with E-state index < -0.39 is 10.0 Å². The van der Waals surface area contributed by atoms with E-state index in [2.05, 4.69) is 22.0 Å². The van der Waals surface area contributed by atoms with Gasteiger partial charge in [-0.25, -0.2) is 8.42 Å². The van der Waals surface area contributed by atoms with Crippen molar-refractivity contribution in [1.29, 1.82) is 0 Å². The summed E-state index contributed by atoms with van der Waals surface area (Å²) in [6.45, 7) is 2.75. The maximum absolute atomic E-state index is 12.5. The van der Waals surface area contributed by atoms with Crippen LogP contribution in [0.4, 0.5) is 5.69 Å². The predicted molar refractivity (Wildman–Crippen MR) is 107 cm³/mol. The van der Waals surface area contributed by atoms with Gasteiger partial charge in [0.05, 0.1) is 4.90 Å². The Bertz CT molecular complexity index is 951. The molecule has 2 aromatic rings. The highest BCUT2D eigenvalue weighted by Crippen LogP contribution is 2.17. The fraction of sp³-hybridized carbons (Fsp3) is 0.300. The molecule has 3 rings (SSSR count). The molecular formula is C20H23N3O3S. The molecule has 0 radical (unpaired) electrons. The zero-order valence-electron chi connectivity index (χ0n) is 15.2. The first-order valence-electron chi connectivity index (χ1n) is 9.04. The summed E-state index contributed by atoms with van der Waals surface area (Å²) >= 11 is 0. The Labute approximate surface area is 159 Å². The molecule has 6 nitrogen and oxygen atoms in total. The topological polar surface area (TPSA) is 87.6 Å². The normalized spacial score (nSPS) is 13.9. The number of amides is 1. The number of amidine groups is 1. The highest BCUT2D eigenvalue weighted by Gasteiger charge is 2.19. The van der Waals surface area contributed by atoms with E-state index in [-0.39, 0.29) is 10.8 Å². The number of anilines is 1. The Kier molecular flexibility index (Phi) is 5.91. The third-order valence-electron chi connectivity index (χ3n) is 4.28. The van der Waals surface area contributed by atoms with Gasteiger partial charge in [-0.05, 0) is 48.7 Å². The van der Waals surface area contributed by atoms with Crippen LogP contribution in [-0.2, 0) is 16.4 Å². The van der Waals surface area contributed by atoms with Crippen LogP contribution in [-0.4, -0.2) is 26.7 Å². The standard InChI is InChI=1S/C20H23N3O3S/c1-2-5-15-9-11-16(12-10-15)20(24)22-17-6-3-7-18(14-17)27(25,26)23-19-8-4-13-21-19/h3,6-7,9-12,14H,2,4-5,8,13H2,1H3,(H,21,23)(H,22,24). The van der Waals surface area contributed by atoms with E-state index in [4.69, 9.17) is 0 Å². The molecule has 0 bridgehead atoms. The van der Waals surface area contributed by atoms with Crippen molar-refractivity contribution >= 4 is 27.5 Å². The van der Waals surface area contributed by atoms with Crippen molar-refractivity contribution in [2.75, 3.05) is 11.9 Å². The van der Waals surface area contributed by atoms with Gasteiger partial charge in [0.25, 0.3) is 15.9 Å². The number of carbonyl (C=O) groups excluding carboxylic acids is 1. The maximum Gasteiger partial charge on any atom is 0.262 e. The second-order valence-corrected chi connectivity index (χ2v) is 8.15. The number of sulfonamides is 1. The molecule has 0 spiro atoms. The van der Waals surface area contributed by atoms with Crippen LogP contribution in [0.1, 0.15) is 42.1 Å². The first kappa shape index (κ1) is 19.1. The molecule has 0 saturated carbocycles.